The molecule has 0 amide bonds. The fraction of sp³-hybridized carbons (Fsp3) is 0.238. The van der Waals surface area contributed by atoms with Crippen LogP contribution in [0.25, 0.3) is 10.9 Å². The van der Waals surface area contributed by atoms with E-state index in [4.69, 9.17) is 5.73 Å². The van der Waals surface area contributed by atoms with Gasteiger partial charge in [0.25, 0.3) is 0 Å². The first-order chi connectivity index (χ1) is 13.9. The monoisotopic (exact) mass is 396 g/mol. The number of hydrogen-bond acceptors (Lipinski definition) is 5. The molecule has 0 saturated carbocycles. The molecule has 0 aliphatic carbocycles. The van der Waals surface area contributed by atoms with Crippen LogP contribution in [0.2, 0.25) is 0 Å². The van der Waals surface area contributed by atoms with Crippen LogP contribution in [0.5, 0.6) is 0 Å². The molecule has 1 aromatic heterocycles. The molecule has 0 spiro atoms. The van der Waals surface area contributed by atoms with Gasteiger partial charge >= 0.3 is 5.97 Å². The second-order valence-electron chi connectivity index (χ2n) is 7.09. The molecule has 0 atom stereocenters. The molecule has 2 heterocycles. The van der Waals surface area contributed by atoms with Gasteiger partial charge in [0, 0.05) is 31.5 Å². The number of nitrogen functional groups attached to an aromatic ring is 1. The van der Waals surface area contributed by atoms with Crippen molar-refractivity contribution in [3.63, 3.8) is 0 Å². The summed E-state index contributed by atoms with van der Waals surface area (Å²) in [6.45, 7) is 3.64. The third kappa shape index (κ3) is 3.16. The third-order valence-electron chi connectivity index (χ3n) is 5.28. The quantitative estimate of drug-likeness (QED) is 0.574. The van der Waals surface area contributed by atoms with Crippen molar-refractivity contribution in [3.05, 3.63) is 64.2 Å². The lowest BCUT2D eigenvalue weighted by atomic mass is 10.0. The number of benzene rings is 2. The predicted molar refractivity (Wildman–Crippen MR) is 111 cm³/mol. The number of nitrogens with two attached hydrogens (primary N) is 1. The number of aromatic nitrogens is 1. The molecule has 0 unspecified atom stereocenters. The number of rotatable bonds is 5. The molecule has 2 aromatic carbocycles. The Hall–Kier alpha value is -3.55. The molecule has 8 heteroatoms. The number of para-hydroxylation sites is 1. The van der Waals surface area contributed by atoms with Crippen molar-refractivity contribution < 1.29 is 14.3 Å². The lowest BCUT2D eigenvalue weighted by Crippen LogP contribution is -2.55. The summed E-state index contributed by atoms with van der Waals surface area (Å²) in [7, 11) is 0. The van der Waals surface area contributed by atoms with Gasteiger partial charge in [-0.3, -0.25) is 4.79 Å². The molecule has 7 nitrogen and oxygen atoms in total. The number of carboxylic acids is 1. The summed E-state index contributed by atoms with van der Waals surface area (Å²) >= 11 is 0. The van der Waals surface area contributed by atoms with E-state index < -0.39 is 22.8 Å². The number of hydrogen-bond donors (Lipinski definition) is 3. The minimum atomic E-state index is -1.36. The van der Waals surface area contributed by atoms with E-state index in [9.17, 15) is 19.1 Å². The average molecular weight is 396 g/mol. The van der Waals surface area contributed by atoms with Gasteiger partial charge in [-0.2, -0.15) is 0 Å². The summed E-state index contributed by atoms with van der Waals surface area (Å²) < 4.78 is 16.5. The molecule has 0 radical (unpaired) electrons. The maximum Gasteiger partial charge on any atom is 0.341 e. The molecule has 1 saturated heterocycles. The first kappa shape index (κ1) is 18.8. The average Bonchev–Trinajstić information content (AvgIpc) is 2.68. The van der Waals surface area contributed by atoms with Crippen molar-refractivity contribution >= 4 is 33.9 Å². The van der Waals surface area contributed by atoms with Crippen LogP contribution in [0.3, 0.4) is 0 Å². The Bertz CT molecular complexity index is 1150. The maximum atomic E-state index is 14.9. The highest BCUT2D eigenvalue weighted by atomic mass is 19.1. The molecule has 29 heavy (non-hydrogen) atoms. The van der Waals surface area contributed by atoms with E-state index in [1.54, 1.807) is 4.57 Å². The van der Waals surface area contributed by atoms with E-state index in [2.05, 4.69) is 10.2 Å². The van der Waals surface area contributed by atoms with Crippen LogP contribution in [0.4, 0.5) is 21.5 Å². The second-order valence-corrected chi connectivity index (χ2v) is 7.09. The zero-order valence-electron chi connectivity index (χ0n) is 15.9. The number of halogens is 1. The van der Waals surface area contributed by atoms with E-state index in [1.807, 2.05) is 37.3 Å². The number of aromatic carboxylic acids is 1. The fourth-order valence-corrected chi connectivity index (χ4v) is 3.71. The molecule has 150 valence electrons. The zero-order chi connectivity index (χ0) is 20.7. The Labute approximate surface area is 166 Å². The van der Waals surface area contributed by atoms with Gasteiger partial charge in [0.15, 0.2) is 5.82 Å². The van der Waals surface area contributed by atoms with Crippen LogP contribution in [0.1, 0.15) is 17.3 Å². The molecule has 4 N–H and O–H groups in total. The van der Waals surface area contributed by atoms with Gasteiger partial charge in [0.05, 0.1) is 28.3 Å². The van der Waals surface area contributed by atoms with Gasteiger partial charge in [0.1, 0.15) is 5.56 Å². The van der Waals surface area contributed by atoms with E-state index in [-0.39, 0.29) is 22.8 Å². The topological polar surface area (TPSA) is 101 Å². The fourth-order valence-electron chi connectivity index (χ4n) is 3.71. The van der Waals surface area contributed by atoms with Gasteiger partial charge in [-0.1, -0.05) is 18.2 Å². The lowest BCUT2D eigenvalue weighted by Gasteiger charge is -2.42. The number of aryl methyl sites for hydroxylation is 1. The number of nitrogens with zero attached hydrogens (tertiary/aromatic N) is 2. The Morgan fingerprint density at radius 2 is 2.00 bits per heavy atom. The number of carbonyl (C=O) groups is 1. The first-order valence-corrected chi connectivity index (χ1v) is 9.35. The SMILES string of the molecule is CCn1cc(C(=O)O)c(=O)c2c(N)c(F)c(NC3CN(c4ccccc4)C3)cc21. The Morgan fingerprint density at radius 3 is 2.62 bits per heavy atom. The normalized spacial score (nSPS) is 14.1. The van der Waals surface area contributed by atoms with Gasteiger partial charge in [-0.15, -0.1) is 0 Å². The summed E-state index contributed by atoms with van der Waals surface area (Å²) in [5, 5.41) is 12.3. The third-order valence-corrected chi connectivity index (χ3v) is 5.28. The molecule has 1 aliphatic rings. The van der Waals surface area contributed by atoms with Crippen LogP contribution in [0.15, 0.2) is 47.4 Å². The molecule has 1 aliphatic heterocycles. The predicted octanol–water partition coefficient (Wildman–Crippen LogP) is 2.74. The van der Waals surface area contributed by atoms with Crippen molar-refractivity contribution in [1.29, 1.82) is 0 Å². The number of nitrogens with one attached hydrogen (secondary N) is 1. The smallest absolute Gasteiger partial charge is 0.341 e. The number of pyridine rings is 1. The molecule has 3 aromatic rings. The van der Waals surface area contributed by atoms with Crippen LogP contribution in [-0.4, -0.2) is 34.8 Å². The van der Waals surface area contributed by atoms with Crippen LogP contribution in [-0.2, 0) is 6.54 Å². The molecule has 0 bridgehead atoms. The summed E-state index contributed by atoms with van der Waals surface area (Å²) in [5.41, 5.74) is 6.11. The summed E-state index contributed by atoms with van der Waals surface area (Å²) in [4.78, 5) is 26.1. The van der Waals surface area contributed by atoms with Gasteiger partial charge in [0.2, 0.25) is 5.43 Å². The van der Waals surface area contributed by atoms with E-state index in [0.29, 0.717) is 25.2 Å². The number of carboxylic acid groups (broad SMARTS) is 1. The Balaban J connectivity index is 1.68. The van der Waals surface area contributed by atoms with Crippen LogP contribution >= 0.6 is 0 Å². The van der Waals surface area contributed by atoms with Crippen molar-refractivity contribution in [3.8, 4) is 0 Å². The first-order valence-electron chi connectivity index (χ1n) is 9.35. The van der Waals surface area contributed by atoms with E-state index >= 15 is 0 Å². The molecule has 4 rings (SSSR count). The van der Waals surface area contributed by atoms with E-state index in [0.717, 1.165) is 5.69 Å². The summed E-state index contributed by atoms with van der Waals surface area (Å²) in [5.74, 6) is -2.10. The van der Waals surface area contributed by atoms with Crippen molar-refractivity contribution in [2.75, 3.05) is 29.0 Å². The minimum Gasteiger partial charge on any atom is -0.477 e. The standard InChI is InChI=1S/C21H21FN4O3/c1-2-25-11-14(21(28)29)20(27)17-16(25)8-15(18(22)19(17)23)24-12-9-26(10-12)13-6-4-3-5-7-13/h3-8,11-12,24H,2,9-10,23H2,1H3,(H,28,29). The Morgan fingerprint density at radius 1 is 1.31 bits per heavy atom. The lowest BCUT2D eigenvalue weighted by molar-refractivity contribution is 0.0695. The maximum absolute atomic E-state index is 14.9. The van der Waals surface area contributed by atoms with Crippen LogP contribution in [0, 0.1) is 5.82 Å². The molecular formula is C21H21FN4O3. The zero-order valence-corrected chi connectivity index (χ0v) is 15.9. The number of fused-ring (bicyclic) bond motifs is 1. The summed E-state index contributed by atoms with van der Waals surface area (Å²) in [6.07, 6.45) is 1.27. The highest BCUT2D eigenvalue weighted by Crippen LogP contribution is 2.31. The minimum absolute atomic E-state index is 0.0293. The van der Waals surface area contributed by atoms with Crippen molar-refractivity contribution in [2.45, 2.75) is 19.5 Å². The van der Waals surface area contributed by atoms with Crippen molar-refractivity contribution in [1.82, 2.24) is 4.57 Å². The van der Waals surface area contributed by atoms with E-state index in [1.165, 1.54) is 12.3 Å². The largest absolute Gasteiger partial charge is 0.477 e. The Kier molecular flexibility index (Phi) is 4.62. The molecule has 1 fully saturated rings. The van der Waals surface area contributed by atoms with Gasteiger partial charge < -0.3 is 25.6 Å². The number of anilines is 3. The molecular weight excluding hydrogens is 375 g/mol. The van der Waals surface area contributed by atoms with Gasteiger partial charge in [-0.05, 0) is 25.1 Å². The van der Waals surface area contributed by atoms with Gasteiger partial charge in [-0.25, -0.2) is 9.18 Å². The highest BCUT2D eigenvalue weighted by molar-refractivity contribution is 5.99. The second kappa shape index (κ2) is 7.12. The highest BCUT2D eigenvalue weighted by Gasteiger charge is 2.28. The summed E-state index contributed by atoms with van der Waals surface area (Å²) in [6, 6.07) is 11.5. The van der Waals surface area contributed by atoms with Crippen molar-refractivity contribution in [2.24, 2.45) is 0 Å². The van der Waals surface area contributed by atoms with Crippen LogP contribution < -0.4 is 21.4 Å².